The lowest BCUT2D eigenvalue weighted by atomic mass is 9.81. The topological polar surface area (TPSA) is 100 Å². The number of nitro groups is 1. The lowest BCUT2D eigenvalue weighted by Crippen LogP contribution is -2.28. The van der Waals surface area contributed by atoms with Crippen molar-refractivity contribution in [2.75, 3.05) is 28.4 Å². The summed E-state index contributed by atoms with van der Waals surface area (Å²) in [6, 6.07) is 6.61. The molecule has 0 spiro atoms. The third-order valence-electron chi connectivity index (χ3n) is 5.45. The maximum atomic E-state index is 11.8. The van der Waals surface area contributed by atoms with Crippen molar-refractivity contribution in [3.05, 3.63) is 51.1 Å². The van der Waals surface area contributed by atoms with Gasteiger partial charge in [0.25, 0.3) is 0 Å². The minimum atomic E-state index is -1.45. The summed E-state index contributed by atoms with van der Waals surface area (Å²) in [5.74, 6) is 1.41. The van der Waals surface area contributed by atoms with Crippen LogP contribution in [0.5, 0.6) is 23.0 Å². The SMILES string of the molecule is COc1cc(C2(O)CCCCc3c2ccc(OC)c3[N+](=O)[O-])cc(OC)c1OC. The van der Waals surface area contributed by atoms with E-state index in [-0.39, 0.29) is 11.4 Å². The van der Waals surface area contributed by atoms with Crippen molar-refractivity contribution in [3.63, 3.8) is 0 Å². The van der Waals surface area contributed by atoms with Gasteiger partial charge in [0.2, 0.25) is 5.75 Å². The molecule has 1 aliphatic rings. The molecule has 0 bridgehead atoms. The van der Waals surface area contributed by atoms with Gasteiger partial charge in [-0.25, -0.2) is 0 Å². The van der Waals surface area contributed by atoms with Crippen LogP contribution in [0.1, 0.15) is 36.0 Å². The van der Waals surface area contributed by atoms with Crippen LogP contribution in [-0.2, 0) is 12.0 Å². The van der Waals surface area contributed by atoms with Crippen molar-refractivity contribution in [2.24, 2.45) is 0 Å². The van der Waals surface area contributed by atoms with Gasteiger partial charge in [-0.05, 0) is 55.0 Å². The first-order valence-corrected chi connectivity index (χ1v) is 9.28. The minimum absolute atomic E-state index is 0.0993. The molecule has 0 aliphatic heterocycles. The van der Waals surface area contributed by atoms with E-state index in [1.165, 1.54) is 34.5 Å². The summed E-state index contributed by atoms with van der Waals surface area (Å²) < 4.78 is 21.4. The average molecular weight is 403 g/mol. The lowest BCUT2D eigenvalue weighted by molar-refractivity contribution is -0.386. The third kappa shape index (κ3) is 3.44. The molecule has 29 heavy (non-hydrogen) atoms. The monoisotopic (exact) mass is 403 g/mol. The molecule has 0 heterocycles. The van der Waals surface area contributed by atoms with Crippen molar-refractivity contribution in [1.29, 1.82) is 0 Å². The number of nitro benzene ring substituents is 1. The van der Waals surface area contributed by atoms with Crippen LogP contribution in [0.3, 0.4) is 0 Å². The molecule has 1 N–H and O–H groups in total. The fraction of sp³-hybridized carbons (Fsp3) is 0.429. The Morgan fingerprint density at radius 3 is 2.10 bits per heavy atom. The number of benzene rings is 2. The van der Waals surface area contributed by atoms with Crippen LogP contribution in [0.25, 0.3) is 0 Å². The van der Waals surface area contributed by atoms with E-state index in [0.29, 0.717) is 59.6 Å². The molecule has 0 fully saturated rings. The zero-order valence-corrected chi connectivity index (χ0v) is 17.0. The fourth-order valence-corrected chi connectivity index (χ4v) is 4.06. The first kappa shape index (κ1) is 20.7. The lowest BCUT2D eigenvalue weighted by Gasteiger charge is -2.30. The van der Waals surface area contributed by atoms with Crippen LogP contribution in [-0.4, -0.2) is 38.5 Å². The maximum Gasteiger partial charge on any atom is 0.314 e. The molecule has 1 unspecified atom stereocenters. The van der Waals surface area contributed by atoms with Gasteiger partial charge < -0.3 is 24.1 Å². The Balaban J connectivity index is 2.29. The van der Waals surface area contributed by atoms with Gasteiger partial charge in [0.05, 0.1) is 33.4 Å². The van der Waals surface area contributed by atoms with Gasteiger partial charge in [0, 0.05) is 5.56 Å². The van der Waals surface area contributed by atoms with E-state index in [2.05, 4.69) is 0 Å². The number of ether oxygens (including phenoxy) is 4. The fourth-order valence-electron chi connectivity index (χ4n) is 4.06. The molecule has 3 rings (SSSR count). The molecular weight excluding hydrogens is 378 g/mol. The third-order valence-corrected chi connectivity index (χ3v) is 5.45. The molecule has 1 atom stereocenters. The number of fused-ring (bicyclic) bond motifs is 1. The number of hydrogen-bond acceptors (Lipinski definition) is 7. The second-order valence-electron chi connectivity index (χ2n) is 6.88. The minimum Gasteiger partial charge on any atom is -0.493 e. The van der Waals surface area contributed by atoms with Crippen molar-refractivity contribution in [3.8, 4) is 23.0 Å². The predicted octanol–water partition coefficient (Wildman–Crippen LogP) is 3.59. The van der Waals surface area contributed by atoms with Crippen molar-refractivity contribution in [2.45, 2.75) is 31.3 Å². The summed E-state index contributed by atoms with van der Waals surface area (Å²) in [5.41, 5.74) is -0.0392. The van der Waals surface area contributed by atoms with E-state index < -0.39 is 10.5 Å². The number of rotatable bonds is 6. The van der Waals surface area contributed by atoms with Gasteiger partial charge in [0.15, 0.2) is 17.2 Å². The van der Waals surface area contributed by atoms with E-state index in [4.69, 9.17) is 18.9 Å². The summed E-state index contributed by atoms with van der Waals surface area (Å²) in [7, 11) is 5.91. The Labute approximate surface area is 169 Å². The van der Waals surface area contributed by atoms with Gasteiger partial charge in [-0.15, -0.1) is 0 Å². The Kier molecular flexibility index (Phi) is 5.83. The van der Waals surface area contributed by atoms with Gasteiger partial charge in [-0.2, -0.15) is 0 Å². The van der Waals surface area contributed by atoms with Crippen LogP contribution in [0, 0.1) is 10.1 Å². The first-order valence-electron chi connectivity index (χ1n) is 9.28. The van der Waals surface area contributed by atoms with Crippen LogP contribution < -0.4 is 18.9 Å². The zero-order valence-electron chi connectivity index (χ0n) is 17.0. The molecule has 0 saturated heterocycles. The molecule has 2 aromatic rings. The normalized spacial score (nSPS) is 18.4. The molecule has 8 nitrogen and oxygen atoms in total. The van der Waals surface area contributed by atoms with Crippen molar-refractivity contribution in [1.82, 2.24) is 0 Å². The quantitative estimate of drug-likeness (QED) is 0.447. The highest BCUT2D eigenvalue weighted by Gasteiger charge is 2.40. The number of methoxy groups -OCH3 is 4. The molecular formula is C21H25NO7. The van der Waals surface area contributed by atoms with Gasteiger partial charge in [-0.1, -0.05) is 6.07 Å². The summed E-state index contributed by atoms with van der Waals surface area (Å²) in [6.45, 7) is 0. The average Bonchev–Trinajstić information content (AvgIpc) is 2.91. The van der Waals surface area contributed by atoms with Gasteiger partial charge in [-0.3, -0.25) is 10.1 Å². The van der Waals surface area contributed by atoms with Crippen molar-refractivity contribution >= 4 is 5.69 Å². The number of hydrogen-bond donors (Lipinski definition) is 1. The number of nitrogens with zero attached hydrogens (tertiary/aromatic N) is 1. The predicted molar refractivity (Wildman–Crippen MR) is 106 cm³/mol. The molecule has 8 heteroatoms. The van der Waals surface area contributed by atoms with E-state index in [1.54, 1.807) is 18.2 Å². The Hall–Kier alpha value is -3.00. The standard InChI is InChI=1S/C21H25NO7/c1-26-16-9-8-15-14(19(16)22(24)25)7-5-6-10-21(15,23)13-11-17(27-2)20(29-4)18(12-13)28-3/h8-9,11-12,23H,5-7,10H2,1-4H3. The smallest absolute Gasteiger partial charge is 0.314 e. The summed E-state index contributed by atoms with van der Waals surface area (Å²) in [5, 5.41) is 23.6. The van der Waals surface area contributed by atoms with Gasteiger partial charge in [0.1, 0.15) is 5.60 Å². The summed E-state index contributed by atoms with van der Waals surface area (Å²) >= 11 is 0. The summed E-state index contributed by atoms with van der Waals surface area (Å²) in [4.78, 5) is 11.3. The Morgan fingerprint density at radius 1 is 0.966 bits per heavy atom. The Bertz CT molecular complexity index is 902. The molecule has 2 aromatic carbocycles. The van der Waals surface area contributed by atoms with E-state index in [1.807, 2.05) is 0 Å². The molecule has 0 amide bonds. The van der Waals surface area contributed by atoms with Crippen LogP contribution in [0.2, 0.25) is 0 Å². The second kappa shape index (κ2) is 8.16. The van der Waals surface area contributed by atoms with Crippen molar-refractivity contribution < 1.29 is 29.0 Å². The first-order chi connectivity index (χ1) is 13.9. The molecule has 1 aliphatic carbocycles. The second-order valence-corrected chi connectivity index (χ2v) is 6.88. The highest BCUT2D eigenvalue weighted by Crippen LogP contribution is 2.48. The zero-order chi connectivity index (χ0) is 21.2. The molecule has 0 saturated carbocycles. The molecule has 0 radical (unpaired) electrons. The highest BCUT2D eigenvalue weighted by molar-refractivity contribution is 5.62. The van der Waals surface area contributed by atoms with Crippen LogP contribution in [0.4, 0.5) is 5.69 Å². The number of aliphatic hydroxyl groups is 1. The van der Waals surface area contributed by atoms with Gasteiger partial charge >= 0.3 is 5.69 Å². The van der Waals surface area contributed by atoms with E-state index >= 15 is 0 Å². The molecule has 156 valence electrons. The van der Waals surface area contributed by atoms with Crippen LogP contribution >= 0.6 is 0 Å². The highest BCUT2D eigenvalue weighted by atomic mass is 16.6. The molecule has 0 aromatic heterocycles. The maximum absolute atomic E-state index is 11.8. The van der Waals surface area contributed by atoms with E-state index in [0.717, 1.165) is 0 Å². The van der Waals surface area contributed by atoms with E-state index in [9.17, 15) is 15.2 Å². The van der Waals surface area contributed by atoms with Crippen LogP contribution in [0.15, 0.2) is 24.3 Å². The Morgan fingerprint density at radius 2 is 1.59 bits per heavy atom. The summed E-state index contributed by atoms with van der Waals surface area (Å²) in [6.07, 6.45) is 2.30. The largest absolute Gasteiger partial charge is 0.493 e.